The Labute approximate surface area is 216 Å². The summed E-state index contributed by atoms with van der Waals surface area (Å²) in [6.07, 6.45) is 4.82. The summed E-state index contributed by atoms with van der Waals surface area (Å²) in [6.45, 7) is 10.5. The number of phenolic OH excluding ortho intramolecular Hbond substituents is 2. The highest BCUT2D eigenvalue weighted by molar-refractivity contribution is 5.43. The van der Waals surface area contributed by atoms with Gasteiger partial charge in [0.25, 0.3) is 0 Å². The molecule has 4 nitrogen and oxygen atoms in total. The van der Waals surface area contributed by atoms with Crippen molar-refractivity contribution in [1.82, 2.24) is 4.90 Å². The summed E-state index contributed by atoms with van der Waals surface area (Å²) >= 11 is 0. The molecule has 0 spiro atoms. The Morgan fingerprint density at radius 1 is 0.833 bits per heavy atom. The maximum absolute atomic E-state index is 10.2. The van der Waals surface area contributed by atoms with Crippen molar-refractivity contribution in [3.05, 3.63) is 88.5 Å². The lowest BCUT2D eigenvalue weighted by Gasteiger charge is -2.30. The van der Waals surface area contributed by atoms with Crippen molar-refractivity contribution in [2.24, 2.45) is 0 Å². The van der Waals surface area contributed by atoms with Crippen LogP contribution in [0.3, 0.4) is 0 Å². The number of aryl methyl sites for hydroxylation is 3. The van der Waals surface area contributed by atoms with Crippen LogP contribution in [-0.2, 0) is 25.7 Å². The molecule has 0 aromatic heterocycles. The smallest absolute Gasteiger partial charge is 0.119 e. The molecular formula is C32H41NO3. The van der Waals surface area contributed by atoms with E-state index in [4.69, 9.17) is 4.74 Å². The average molecular weight is 488 g/mol. The molecule has 1 atom stereocenters. The number of hydrogen-bond acceptors (Lipinski definition) is 4. The lowest BCUT2D eigenvalue weighted by atomic mass is 9.78. The summed E-state index contributed by atoms with van der Waals surface area (Å²) in [7, 11) is 0. The van der Waals surface area contributed by atoms with Gasteiger partial charge in [0.15, 0.2) is 0 Å². The number of benzene rings is 3. The Bertz CT molecular complexity index is 1130. The zero-order valence-corrected chi connectivity index (χ0v) is 22.2. The van der Waals surface area contributed by atoms with E-state index in [1.165, 1.54) is 27.8 Å². The number of rotatable bonds is 10. The molecular weight excluding hydrogens is 446 g/mol. The monoisotopic (exact) mass is 487 g/mol. The zero-order chi connectivity index (χ0) is 25.7. The number of nitrogens with zero attached hydrogens (tertiary/aromatic N) is 1. The van der Waals surface area contributed by atoms with Crippen LogP contribution in [0.4, 0.5) is 0 Å². The van der Waals surface area contributed by atoms with Gasteiger partial charge >= 0.3 is 0 Å². The van der Waals surface area contributed by atoms with E-state index in [1.807, 2.05) is 18.2 Å². The van der Waals surface area contributed by atoms with Gasteiger partial charge in [-0.1, -0.05) is 24.3 Å². The van der Waals surface area contributed by atoms with Gasteiger partial charge in [0.1, 0.15) is 23.9 Å². The standard InChI is InChI=1S/C32H41NO3/c1-22(2)33(23(3)4)17-18-36-31-14-6-24(7-15-31)5-8-28-21-30(35)13-16-32(28)27-10-9-26-20-29(34)12-11-25(26)19-27/h6-7,11-16,20-23,27,34-35H,5,8-10,17-19H2,1-4H3. The summed E-state index contributed by atoms with van der Waals surface area (Å²) < 4.78 is 6.01. The van der Waals surface area contributed by atoms with Crippen LogP contribution in [0.1, 0.15) is 67.9 Å². The van der Waals surface area contributed by atoms with E-state index >= 15 is 0 Å². The SMILES string of the molecule is CC(C)N(CCOc1ccc(CCc2cc(O)ccc2C2CCc3cc(O)ccc3C2)cc1)C(C)C. The van der Waals surface area contributed by atoms with Crippen LogP contribution in [0.2, 0.25) is 0 Å². The molecule has 0 saturated carbocycles. The summed E-state index contributed by atoms with van der Waals surface area (Å²) in [5, 5.41) is 20.0. The lowest BCUT2D eigenvalue weighted by molar-refractivity contribution is 0.142. The quantitative estimate of drug-likeness (QED) is 0.336. The number of phenols is 2. The maximum Gasteiger partial charge on any atom is 0.119 e. The number of ether oxygens (including phenoxy) is 1. The first-order valence-electron chi connectivity index (χ1n) is 13.4. The summed E-state index contributed by atoms with van der Waals surface area (Å²) in [4.78, 5) is 2.44. The Hall–Kier alpha value is -2.98. The highest BCUT2D eigenvalue weighted by Crippen LogP contribution is 2.36. The molecule has 4 rings (SSSR count). The fourth-order valence-electron chi connectivity index (χ4n) is 5.63. The first-order valence-corrected chi connectivity index (χ1v) is 13.4. The molecule has 0 aliphatic heterocycles. The Kier molecular flexibility index (Phi) is 8.58. The molecule has 1 aliphatic carbocycles. The minimum Gasteiger partial charge on any atom is -0.508 e. The first-order chi connectivity index (χ1) is 17.3. The van der Waals surface area contributed by atoms with Crippen LogP contribution in [0.25, 0.3) is 0 Å². The first kappa shape index (κ1) is 26.1. The van der Waals surface area contributed by atoms with Gasteiger partial charge in [-0.15, -0.1) is 0 Å². The van der Waals surface area contributed by atoms with Crippen LogP contribution in [-0.4, -0.2) is 40.3 Å². The topological polar surface area (TPSA) is 52.9 Å². The Balaban J connectivity index is 1.36. The molecule has 192 valence electrons. The van der Waals surface area contributed by atoms with Gasteiger partial charge in [-0.3, -0.25) is 4.90 Å². The highest BCUT2D eigenvalue weighted by atomic mass is 16.5. The van der Waals surface area contributed by atoms with Crippen molar-refractivity contribution < 1.29 is 14.9 Å². The van der Waals surface area contributed by atoms with E-state index in [9.17, 15) is 10.2 Å². The molecule has 4 heteroatoms. The fourth-order valence-corrected chi connectivity index (χ4v) is 5.63. The second kappa shape index (κ2) is 11.8. The van der Waals surface area contributed by atoms with Gasteiger partial charge in [0.2, 0.25) is 0 Å². The Morgan fingerprint density at radius 3 is 2.25 bits per heavy atom. The van der Waals surface area contributed by atoms with E-state index < -0.39 is 0 Å². The third-order valence-corrected chi connectivity index (χ3v) is 7.54. The molecule has 0 radical (unpaired) electrons. The van der Waals surface area contributed by atoms with Crippen molar-refractivity contribution in [3.63, 3.8) is 0 Å². The van der Waals surface area contributed by atoms with Crippen molar-refractivity contribution in [2.45, 2.75) is 77.8 Å². The second-order valence-corrected chi connectivity index (χ2v) is 10.7. The fraction of sp³-hybridized carbons (Fsp3) is 0.438. The average Bonchev–Trinajstić information content (AvgIpc) is 2.85. The third-order valence-electron chi connectivity index (χ3n) is 7.54. The molecule has 3 aromatic carbocycles. The van der Waals surface area contributed by atoms with E-state index in [1.54, 1.807) is 6.07 Å². The third kappa shape index (κ3) is 6.61. The van der Waals surface area contributed by atoms with Crippen molar-refractivity contribution in [1.29, 1.82) is 0 Å². The van der Waals surface area contributed by atoms with Gasteiger partial charge in [-0.25, -0.2) is 0 Å². The van der Waals surface area contributed by atoms with E-state index in [0.29, 0.717) is 36.1 Å². The maximum atomic E-state index is 10.2. The largest absolute Gasteiger partial charge is 0.508 e. The van der Waals surface area contributed by atoms with Crippen molar-refractivity contribution in [2.75, 3.05) is 13.2 Å². The van der Waals surface area contributed by atoms with Crippen LogP contribution in [0, 0.1) is 0 Å². The molecule has 0 bridgehead atoms. The van der Waals surface area contributed by atoms with E-state index in [2.05, 4.69) is 69.0 Å². The van der Waals surface area contributed by atoms with E-state index in [-0.39, 0.29) is 0 Å². The number of fused-ring (bicyclic) bond motifs is 1. The minimum absolute atomic E-state index is 0.329. The number of hydrogen-bond donors (Lipinski definition) is 2. The minimum atomic E-state index is 0.329. The Morgan fingerprint density at radius 2 is 1.53 bits per heavy atom. The molecule has 0 saturated heterocycles. The van der Waals surface area contributed by atoms with Crippen LogP contribution < -0.4 is 4.74 Å². The van der Waals surface area contributed by atoms with Gasteiger partial charge in [0, 0.05) is 18.6 Å². The van der Waals surface area contributed by atoms with Gasteiger partial charge in [-0.2, -0.15) is 0 Å². The second-order valence-electron chi connectivity index (χ2n) is 10.7. The summed E-state index contributed by atoms with van der Waals surface area (Å²) in [5.74, 6) is 2.03. The highest BCUT2D eigenvalue weighted by Gasteiger charge is 2.23. The summed E-state index contributed by atoms with van der Waals surface area (Å²) in [5.41, 5.74) is 6.42. The molecule has 1 aliphatic rings. The lowest BCUT2D eigenvalue weighted by Crippen LogP contribution is -2.39. The molecule has 3 aromatic rings. The predicted molar refractivity (Wildman–Crippen MR) is 147 cm³/mol. The van der Waals surface area contributed by atoms with Gasteiger partial charge < -0.3 is 14.9 Å². The van der Waals surface area contributed by atoms with Crippen molar-refractivity contribution >= 4 is 0 Å². The molecule has 36 heavy (non-hydrogen) atoms. The number of aromatic hydroxyl groups is 2. The van der Waals surface area contributed by atoms with Gasteiger partial charge in [0.05, 0.1) is 0 Å². The summed E-state index contributed by atoms with van der Waals surface area (Å²) in [6, 6.07) is 21.1. The van der Waals surface area contributed by atoms with Crippen LogP contribution in [0.15, 0.2) is 60.7 Å². The van der Waals surface area contributed by atoms with Crippen LogP contribution in [0.5, 0.6) is 17.2 Å². The molecule has 0 heterocycles. The normalized spacial score (nSPS) is 15.5. The van der Waals surface area contributed by atoms with E-state index in [0.717, 1.165) is 44.4 Å². The molecule has 0 amide bonds. The molecule has 0 fully saturated rings. The van der Waals surface area contributed by atoms with Crippen LogP contribution >= 0.6 is 0 Å². The van der Waals surface area contributed by atoms with Crippen molar-refractivity contribution in [3.8, 4) is 17.2 Å². The predicted octanol–water partition coefficient (Wildman–Crippen LogP) is 6.65. The molecule has 1 unspecified atom stereocenters. The molecule has 2 N–H and O–H groups in total. The van der Waals surface area contributed by atoms with Gasteiger partial charge in [-0.05, 0) is 130 Å². The zero-order valence-electron chi connectivity index (χ0n) is 22.2.